The summed E-state index contributed by atoms with van der Waals surface area (Å²) in [5.41, 5.74) is 1.97. The fourth-order valence-corrected chi connectivity index (χ4v) is 4.36. The van der Waals surface area contributed by atoms with E-state index in [4.69, 9.17) is 9.47 Å². The van der Waals surface area contributed by atoms with E-state index >= 15 is 0 Å². The largest absolute Gasteiger partial charge is 0.497 e. The molecule has 0 aromatic heterocycles. The second-order valence-corrected chi connectivity index (χ2v) is 8.89. The molecular formula is C25H18BrNO5S. The summed E-state index contributed by atoms with van der Waals surface area (Å²) >= 11 is 4.35. The molecular weight excluding hydrogens is 506 g/mol. The third-order valence-electron chi connectivity index (χ3n) is 4.87. The van der Waals surface area contributed by atoms with E-state index in [0.29, 0.717) is 27.5 Å². The predicted molar refractivity (Wildman–Crippen MR) is 130 cm³/mol. The first-order chi connectivity index (χ1) is 15.9. The van der Waals surface area contributed by atoms with E-state index in [9.17, 15) is 14.4 Å². The molecule has 0 radical (unpaired) electrons. The lowest BCUT2D eigenvalue weighted by Gasteiger charge is -2.13. The van der Waals surface area contributed by atoms with Crippen molar-refractivity contribution < 1.29 is 23.9 Å². The van der Waals surface area contributed by atoms with Gasteiger partial charge in [0.2, 0.25) is 0 Å². The zero-order chi connectivity index (χ0) is 23.4. The number of carbonyl (C=O) groups is 3. The quantitative estimate of drug-likeness (QED) is 0.227. The summed E-state index contributed by atoms with van der Waals surface area (Å²) in [6.07, 6.45) is 1.65. The molecule has 1 aliphatic rings. The number of thioether (sulfide) groups is 1. The Bertz CT molecular complexity index is 1240. The van der Waals surface area contributed by atoms with Crippen molar-refractivity contribution in [2.75, 3.05) is 7.11 Å². The van der Waals surface area contributed by atoms with E-state index in [1.807, 2.05) is 24.3 Å². The van der Waals surface area contributed by atoms with Gasteiger partial charge in [0.05, 0.1) is 24.1 Å². The fourth-order valence-electron chi connectivity index (χ4n) is 3.11. The van der Waals surface area contributed by atoms with Crippen molar-refractivity contribution in [3.05, 3.63) is 98.9 Å². The molecule has 4 rings (SSSR count). The minimum Gasteiger partial charge on any atom is -0.497 e. The number of hydrogen-bond donors (Lipinski definition) is 0. The van der Waals surface area contributed by atoms with Gasteiger partial charge in [-0.3, -0.25) is 14.5 Å². The van der Waals surface area contributed by atoms with Gasteiger partial charge in [0.25, 0.3) is 11.1 Å². The van der Waals surface area contributed by atoms with Crippen LogP contribution < -0.4 is 9.47 Å². The number of nitrogens with zero attached hydrogens (tertiary/aromatic N) is 1. The molecule has 1 aliphatic heterocycles. The van der Waals surface area contributed by atoms with Crippen molar-refractivity contribution in [2.45, 2.75) is 6.54 Å². The smallest absolute Gasteiger partial charge is 0.343 e. The lowest BCUT2D eigenvalue weighted by molar-refractivity contribution is -0.123. The van der Waals surface area contributed by atoms with Crippen LogP contribution in [0.1, 0.15) is 21.5 Å². The number of esters is 1. The molecule has 0 spiro atoms. The highest BCUT2D eigenvalue weighted by molar-refractivity contribution is 9.10. The van der Waals surface area contributed by atoms with E-state index in [2.05, 4.69) is 15.9 Å². The molecule has 33 heavy (non-hydrogen) atoms. The fraction of sp³-hybridized carbons (Fsp3) is 0.0800. The monoisotopic (exact) mass is 523 g/mol. The zero-order valence-electron chi connectivity index (χ0n) is 17.5. The van der Waals surface area contributed by atoms with Gasteiger partial charge in [-0.2, -0.15) is 0 Å². The standard InChI is InChI=1S/C25H18BrNO5S/c1-31-19-12-8-17(9-13-19)24(29)32-20-10-6-16(7-11-20)14-22-23(28)27(25(30)33-22)15-18-4-2-3-5-21(18)26/h2-14H,15H2,1H3/b22-14-. The Morgan fingerprint density at radius 3 is 2.30 bits per heavy atom. The number of rotatable bonds is 6. The van der Waals surface area contributed by atoms with Crippen molar-refractivity contribution in [1.29, 1.82) is 0 Å². The average molecular weight is 524 g/mol. The summed E-state index contributed by atoms with van der Waals surface area (Å²) in [5.74, 6) is 0.195. The number of carbonyl (C=O) groups excluding carboxylic acids is 3. The molecule has 0 unspecified atom stereocenters. The normalized spacial score (nSPS) is 14.6. The Morgan fingerprint density at radius 1 is 0.970 bits per heavy atom. The molecule has 3 aromatic rings. The van der Waals surface area contributed by atoms with Gasteiger partial charge in [0.15, 0.2) is 0 Å². The van der Waals surface area contributed by atoms with E-state index in [1.165, 1.54) is 4.90 Å². The van der Waals surface area contributed by atoms with Crippen molar-refractivity contribution in [2.24, 2.45) is 0 Å². The van der Waals surface area contributed by atoms with Crippen LogP contribution in [0.25, 0.3) is 6.08 Å². The Kier molecular flexibility index (Phi) is 6.96. The molecule has 0 N–H and O–H groups in total. The SMILES string of the molecule is COc1ccc(C(=O)Oc2ccc(/C=C3\SC(=O)N(Cc4ccccc4Br)C3=O)cc2)cc1. The second-order valence-electron chi connectivity index (χ2n) is 7.05. The van der Waals surface area contributed by atoms with Gasteiger partial charge in [-0.15, -0.1) is 0 Å². The van der Waals surface area contributed by atoms with Crippen molar-refractivity contribution in [3.63, 3.8) is 0 Å². The first-order valence-corrected chi connectivity index (χ1v) is 11.5. The maximum absolute atomic E-state index is 12.8. The van der Waals surface area contributed by atoms with E-state index in [1.54, 1.807) is 61.7 Å². The maximum atomic E-state index is 12.8. The van der Waals surface area contributed by atoms with E-state index in [0.717, 1.165) is 21.8 Å². The maximum Gasteiger partial charge on any atom is 0.343 e. The Morgan fingerprint density at radius 2 is 1.64 bits per heavy atom. The second kappa shape index (κ2) is 10.1. The highest BCUT2D eigenvalue weighted by Crippen LogP contribution is 2.34. The van der Waals surface area contributed by atoms with Gasteiger partial charge >= 0.3 is 5.97 Å². The molecule has 6 nitrogen and oxygen atoms in total. The van der Waals surface area contributed by atoms with E-state index < -0.39 is 5.97 Å². The van der Waals surface area contributed by atoms with Crippen LogP contribution in [-0.2, 0) is 11.3 Å². The molecule has 1 fully saturated rings. The Labute approximate surface area is 203 Å². The van der Waals surface area contributed by atoms with Crippen LogP contribution in [0.5, 0.6) is 11.5 Å². The molecule has 3 aromatic carbocycles. The molecule has 8 heteroatoms. The van der Waals surface area contributed by atoms with Crippen LogP contribution in [0.2, 0.25) is 0 Å². The Balaban J connectivity index is 1.43. The van der Waals surface area contributed by atoms with Gasteiger partial charge in [-0.1, -0.05) is 46.3 Å². The van der Waals surface area contributed by atoms with Crippen LogP contribution >= 0.6 is 27.7 Å². The first-order valence-electron chi connectivity index (χ1n) is 9.89. The highest BCUT2D eigenvalue weighted by Gasteiger charge is 2.35. The number of imide groups is 1. The summed E-state index contributed by atoms with van der Waals surface area (Å²) in [6.45, 7) is 0.198. The minimum absolute atomic E-state index is 0.198. The zero-order valence-corrected chi connectivity index (χ0v) is 19.9. The molecule has 166 valence electrons. The number of hydrogen-bond acceptors (Lipinski definition) is 6. The number of halogens is 1. The molecule has 0 saturated carbocycles. The summed E-state index contributed by atoms with van der Waals surface area (Å²) < 4.78 is 11.3. The Hall–Kier alpha value is -3.36. The van der Waals surface area contributed by atoms with Gasteiger partial charge in [-0.25, -0.2) is 4.79 Å². The van der Waals surface area contributed by atoms with Crippen molar-refractivity contribution in [3.8, 4) is 11.5 Å². The molecule has 1 heterocycles. The van der Waals surface area contributed by atoms with Crippen LogP contribution in [0.4, 0.5) is 4.79 Å². The molecule has 0 atom stereocenters. The van der Waals surface area contributed by atoms with E-state index in [-0.39, 0.29) is 17.7 Å². The van der Waals surface area contributed by atoms with Gasteiger partial charge in [0, 0.05) is 4.47 Å². The van der Waals surface area contributed by atoms with Gasteiger partial charge in [-0.05, 0) is 71.4 Å². The summed E-state index contributed by atoms with van der Waals surface area (Å²) in [6, 6.07) is 20.8. The van der Waals surface area contributed by atoms with Gasteiger partial charge < -0.3 is 9.47 Å². The first kappa shape index (κ1) is 22.8. The minimum atomic E-state index is -0.487. The predicted octanol–water partition coefficient (Wildman–Crippen LogP) is 5.91. The number of ether oxygens (including phenoxy) is 2. The third-order valence-corrected chi connectivity index (χ3v) is 6.56. The molecule has 0 aliphatic carbocycles. The number of amides is 2. The molecule has 0 bridgehead atoms. The lowest BCUT2D eigenvalue weighted by Crippen LogP contribution is -2.27. The van der Waals surface area contributed by atoms with Gasteiger partial charge in [0.1, 0.15) is 11.5 Å². The van der Waals surface area contributed by atoms with Crippen molar-refractivity contribution >= 4 is 50.9 Å². The summed E-state index contributed by atoms with van der Waals surface area (Å²) in [5, 5.41) is -0.313. The highest BCUT2D eigenvalue weighted by atomic mass is 79.9. The topological polar surface area (TPSA) is 72.9 Å². The third kappa shape index (κ3) is 5.35. The van der Waals surface area contributed by atoms with Crippen LogP contribution in [-0.4, -0.2) is 29.1 Å². The van der Waals surface area contributed by atoms with Crippen LogP contribution in [0.15, 0.2) is 82.2 Å². The number of methoxy groups -OCH3 is 1. The average Bonchev–Trinajstić information content (AvgIpc) is 3.09. The van der Waals surface area contributed by atoms with Crippen LogP contribution in [0.3, 0.4) is 0 Å². The summed E-state index contributed by atoms with van der Waals surface area (Å²) in [4.78, 5) is 39.0. The molecule has 2 amide bonds. The number of benzene rings is 3. The molecule has 1 saturated heterocycles. The van der Waals surface area contributed by atoms with Crippen LogP contribution in [0, 0.1) is 0 Å². The summed E-state index contributed by atoms with van der Waals surface area (Å²) in [7, 11) is 1.55. The lowest BCUT2D eigenvalue weighted by atomic mass is 10.2. The van der Waals surface area contributed by atoms with Crippen molar-refractivity contribution in [1.82, 2.24) is 4.90 Å².